The quantitative estimate of drug-likeness (QED) is 0.485. The monoisotopic (exact) mass is 184 g/mol. The number of rotatable bonds is 2. The minimum absolute atomic E-state index is 0.408. The average molecular weight is 185 g/mol. The number of hydrogen-bond donors (Lipinski definition) is 0. The van der Waals surface area contributed by atoms with Crippen molar-refractivity contribution < 1.29 is 4.79 Å². The Hall–Kier alpha value is 0.340. The van der Waals surface area contributed by atoms with Gasteiger partial charge in [-0.2, -0.15) is 0 Å². The van der Waals surface area contributed by atoms with Crippen molar-refractivity contribution in [3.8, 4) is 0 Å². The van der Waals surface area contributed by atoms with E-state index in [-0.39, 0.29) is 0 Å². The summed E-state index contributed by atoms with van der Waals surface area (Å²) in [6.07, 6.45) is 1.78. The summed E-state index contributed by atoms with van der Waals surface area (Å²) in [4.78, 5) is 10.4. The second-order valence-corrected chi connectivity index (χ2v) is 3.14. The molecule has 0 N–H and O–H groups in total. The molecule has 0 aromatic rings. The third kappa shape index (κ3) is 3.14. The highest BCUT2D eigenvalue weighted by atomic mass is 35.5. The predicted octanol–water partition coefficient (Wildman–Crippen LogP) is 2.59. The molecule has 0 saturated heterocycles. The molecule has 1 nitrogen and oxygen atoms in total. The molecule has 0 rings (SSSR count). The van der Waals surface area contributed by atoms with Gasteiger partial charge in [0.15, 0.2) is 0 Å². The molecule has 0 saturated carbocycles. The van der Waals surface area contributed by atoms with Crippen molar-refractivity contribution in [3.63, 3.8) is 0 Å². The number of carbonyl (C=O) groups excluding carboxylic acids is 1. The van der Waals surface area contributed by atoms with Gasteiger partial charge in [-0.25, -0.2) is 0 Å². The van der Waals surface area contributed by atoms with Crippen molar-refractivity contribution in [2.24, 2.45) is 0 Å². The van der Waals surface area contributed by atoms with E-state index < -0.39 is 5.24 Å². The molecule has 0 bridgehead atoms. The van der Waals surface area contributed by atoms with E-state index in [2.05, 4.69) is 0 Å². The fourth-order valence-electron chi connectivity index (χ4n) is 0.230. The van der Waals surface area contributed by atoms with E-state index in [1.165, 1.54) is 11.8 Å². The lowest BCUT2D eigenvalue weighted by molar-refractivity contribution is -0.108. The summed E-state index contributed by atoms with van der Waals surface area (Å²) in [7, 11) is 0. The van der Waals surface area contributed by atoms with Crippen molar-refractivity contribution in [1.29, 1.82) is 0 Å². The highest BCUT2D eigenvalue weighted by Gasteiger charge is 2.03. The minimum atomic E-state index is -0.491. The van der Waals surface area contributed by atoms with E-state index >= 15 is 0 Å². The second-order valence-electron chi connectivity index (χ2n) is 1.38. The summed E-state index contributed by atoms with van der Waals surface area (Å²) in [6.45, 7) is 1.59. The van der Waals surface area contributed by atoms with Crippen LogP contribution in [0.4, 0.5) is 0 Å². The SMILES string of the molecule is CS/C(Cl)=C(\C)C(=O)Cl. The molecule has 0 aliphatic heterocycles. The predicted molar refractivity (Wildman–Crippen MR) is 42.9 cm³/mol. The van der Waals surface area contributed by atoms with Crippen LogP contribution in [-0.4, -0.2) is 11.5 Å². The van der Waals surface area contributed by atoms with Crippen LogP contribution in [-0.2, 0) is 4.79 Å². The van der Waals surface area contributed by atoms with Crippen LogP contribution in [0.3, 0.4) is 0 Å². The Kier molecular flexibility index (Phi) is 4.36. The highest BCUT2D eigenvalue weighted by molar-refractivity contribution is 8.03. The molecule has 0 aromatic carbocycles. The first-order valence-corrected chi connectivity index (χ1v) is 4.18. The van der Waals surface area contributed by atoms with Crippen molar-refractivity contribution in [3.05, 3.63) is 9.94 Å². The van der Waals surface area contributed by atoms with E-state index in [4.69, 9.17) is 23.2 Å². The maximum absolute atomic E-state index is 10.4. The molecule has 0 aliphatic carbocycles. The molecule has 4 heteroatoms. The fourth-order valence-corrected chi connectivity index (χ4v) is 0.914. The molecule has 0 amide bonds. The summed E-state index contributed by atoms with van der Waals surface area (Å²) in [5, 5.41) is -0.491. The molecule has 0 aliphatic rings. The summed E-state index contributed by atoms with van der Waals surface area (Å²) < 4.78 is 0.454. The van der Waals surface area contributed by atoms with Gasteiger partial charge >= 0.3 is 0 Å². The summed E-state index contributed by atoms with van der Waals surface area (Å²) in [5.41, 5.74) is 0.408. The lowest BCUT2D eigenvalue weighted by atomic mass is 10.4. The van der Waals surface area contributed by atoms with Crippen LogP contribution >= 0.6 is 35.0 Å². The average Bonchev–Trinajstić information content (AvgIpc) is 1.84. The molecule has 0 unspecified atom stereocenters. The van der Waals surface area contributed by atoms with Gasteiger partial charge in [-0.05, 0) is 24.8 Å². The zero-order chi connectivity index (χ0) is 7.44. The number of carbonyl (C=O) groups is 1. The van der Waals surface area contributed by atoms with Crippen LogP contribution in [0.5, 0.6) is 0 Å². The minimum Gasteiger partial charge on any atom is -0.276 e. The van der Waals surface area contributed by atoms with Gasteiger partial charge in [0.1, 0.15) is 0 Å². The smallest absolute Gasteiger partial charge is 0.250 e. The Morgan fingerprint density at radius 1 is 1.44 bits per heavy atom. The van der Waals surface area contributed by atoms with Gasteiger partial charge in [0.05, 0.1) is 4.36 Å². The van der Waals surface area contributed by atoms with Crippen molar-refractivity contribution >= 4 is 40.2 Å². The van der Waals surface area contributed by atoms with Gasteiger partial charge in [0, 0.05) is 5.57 Å². The Labute approximate surface area is 68.4 Å². The van der Waals surface area contributed by atoms with Crippen LogP contribution in [0.1, 0.15) is 6.92 Å². The molecule has 0 fully saturated rings. The van der Waals surface area contributed by atoms with Gasteiger partial charge in [0.2, 0.25) is 5.24 Å². The fraction of sp³-hybridized carbons (Fsp3) is 0.400. The Morgan fingerprint density at radius 2 is 1.89 bits per heavy atom. The Morgan fingerprint density at radius 3 is 2.00 bits per heavy atom. The van der Waals surface area contributed by atoms with Crippen molar-refractivity contribution in [2.45, 2.75) is 6.92 Å². The van der Waals surface area contributed by atoms with Gasteiger partial charge in [-0.15, -0.1) is 11.8 Å². The largest absolute Gasteiger partial charge is 0.276 e. The molecule has 0 heterocycles. The molecule has 9 heavy (non-hydrogen) atoms. The zero-order valence-electron chi connectivity index (χ0n) is 5.07. The molecule has 0 atom stereocenters. The molecule has 52 valence electrons. The van der Waals surface area contributed by atoms with Crippen LogP contribution < -0.4 is 0 Å². The van der Waals surface area contributed by atoms with Crippen LogP contribution in [0.2, 0.25) is 0 Å². The number of hydrogen-bond acceptors (Lipinski definition) is 2. The molecule has 0 spiro atoms. The van der Waals surface area contributed by atoms with Crippen molar-refractivity contribution in [1.82, 2.24) is 0 Å². The molecular weight excluding hydrogens is 179 g/mol. The van der Waals surface area contributed by atoms with Crippen molar-refractivity contribution in [2.75, 3.05) is 6.26 Å². The van der Waals surface area contributed by atoms with Crippen LogP contribution in [0.25, 0.3) is 0 Å². The lowest BCUT2D eigenvalue weighted by Gasteiger charge is -1.93. The summed E-state index contributed by atoms with van der Waals surface area (Å²) in [5.74, 6) is 0. The van der Waals surface area contributed by atoms with Gasteiger partial charge in [0.25, 0.3) is 0 Å². The first-order chi connectivity index (χ1) is 4.09. The standard InChI is InChI=1S/C5H6Cl2OS/c1-3(4(6)8)5(7)9-2/h1-2H3/b5-3+. The van der Waals surface area contributed by atoms with Gasteiger partial charge in [-0.3, -0.25) is 4.79 Å². The van der Waals surface area contributed by atoms with Gasteiger partial charge in [-0.1, -0.05) is 11.6 Å². The first-order valence-electron chi connectivity index (χ1n) is 2.19. The molecule has 0 radical (unpaired) electrons. The topological polar surface area (TPSA) is 17.1 Å². The third-order valence-electron chi connectivity index (χ3n) is 0.769. The Balaban J connectivity index is 4.28. The lowest BCUT2D eigenvalue weighted by Crippen LogP contribution is -1.87. The molecular formula is C5H6Cl2OS. The number of allylic oxidation sites excluding steroid dienone is 1. The second kappa shape index (κ2) is 4.20. The third-order valence-corrected chi connectivity index (χ3v) is 2.46. The van der Waals surface area contributed by atoms with E-state index in [0.29, 0.717) is 9.94 Å². The summed E-state index contributed by atoms with van der Waals surface area (Å²) in [6, 6.07) is 0. The highest BCUT2D eigenvalue weighted by Crippen LogP contribution is 2.21. The zero-order valence-corrected chi connectivity index (χ0v) is 7.40. The van der Waals surface area contributed by atoms with E-state index in [0.717, 1.165) is 0 Å². The van der Waals surface area contributed by atoms with E-state index in [9.17, 15) is 4.79 Å². The van der Waals surface area contributed by atoms with Crippen LogP contribution in [0.15, 0.2) is 9.94 Å². The Bertz CT molecular complexity index is 153. The first kappa shape index (κ1) is 9.34. The molecule has 0 aromatic heterocycles. The maximum atomic E-state index is 10.4. The van der Waals surface area contributed by atoms with E-state index in [1.807, 2.05) is 0 Å². The van der Waals surface area contributed by atoms with Crippen LogP contribution in [0, 0.1) is 0 Å². The van der Waals surface area contributed by atoms with Gasteiger partial charge < -0.3 is 0 Å². The maximum Gasteiger partial charge on any atom is 0.250 e. The normalized spacial score (nSPS) is 12.9. The number of halogens is 2. The number of thioether (sulfide) groups is 1. The van der Waals surface area contributed by atoms with E-state index in [1.54, 1.807) is 13.2 Å². The summed E-state index contributed by atoms with van der Waals surface area (Å²) >= 11 is 12.0.